The maximum Gasteiger partial charge on any atom is 0.145 e. The molecule has 2 N–H and O–H groups in total. The van der Waals surface area contributed by atoms with Crippen molar-refractivity contribution in [2.75, 3.05) is 6.54 Å². The van der Waals surface area contributed by atoms with Crippen LogP contribution in [0, 0.1) is 5.82 Å². The van der Waals surface area contributed by atoms with Crippen LogP contribution in [0.25, 0.3) is 0 Å². The Kier molecular flexibility index (Phi) is 3.50. The Morgan fingerprint density at radius 1 is 1.25 bits per heavy atom. The van der Waals surface area contributed by atoms with E-state index < -0.39 is 0 Å². The third-order valence-electron chi connectivity index (χ3n) is 3.72. The Hall–Kier alpha value is -0.600. The lowest BCUT2D eigenvalue weighted by atomic mass is 9.69. The standard InChI is InChI=1S/C13H17ClFN/c14-11-6-4-5-10(12(11)15)13(9-16)7-2-1-3-8-13/h4-6H,1-3,7-9,16H2. The highest BCUT2D eigenvalue weighted by Crippen LogP contribution is 2.40. The van der Waals surface area contributed by atoms with Crippen LogP contribution in [0.2, 0.25) is 5.02 Å². The van der Waals surface area contributed by atoms with Crippen LogP contribution in [0.3, 0.4) is 0 Å². The maximum absolute atomic E-state index is 14.0. The van der Waals surface area contributed by atoms with Gasteiger partial charge in [-0.2, -0.15) is 0 Å². The first-order valence-electron chi connectivity index (χ1n) is 5.84. The molecule has 16 heavy (non-hydrogen) atoms. The SMILES string of the molecule is NCC1(c2cccc(Cl)c2F)CCCCC1. The minimum Gasteiger partial charge on any atom is -0.330 e. The molecule has 1 aliphatic rings. The van der Waals surface area contributed by atoms with E-state index in [4.69, 9.17) is 17.3 Å². The van der Waals surface area contributed by atoms with E-state index >= 15 is 0 Å². The van der Waals surface area contributed by atoms with Crippen molar-refractivity contribution in [2.45, 2.75) is 37.5 Å². The summed E-state index contributed by atoms with van der Waals surface area (Å²) >= 11 is 5.84. The monoisotopic (exact) mass is 241 g/mol. The van der Waals surface area contributed by atoms with Crippen LogP contribution in [0.5, 0.6) is 0 Å². The predicted octanol–water partition coefficient (Wildman–Crippen LogP) is 3.64. The number of rotatable bonds is 2. The summed E-state index contributed by atoms with van der Waals surface area (Å²) < 4.78 is 14.0. The van der Waals surface area contributed by atoms with E-state index in [1.807, 2.05) is 12.1 Å². The van der Waals surface area contributed by atoms with Gasteiger partial charge in [0.2, 0.25) is 0 Å². The molecule has 0 aromatic heterocycles. The molecule has 0 aliphatic heterocycles. The lowest BCUT2D eigenvalue weighted by Gasteiger charge is -2.37. The van der Waals surface area contributed by atoms with Gasteiger partial charge in [-0.25, -0.2) is 4.39 Å². The third kappa shape index (κ3) is 1.96. The third-order valence-corrected chi connectivity index (χ3v) is 4.02. The summed E-state index contributed by atoms with van der Waals surface area (Å²) in [7, 11) is 0. The summed E-state index contributed by atoms with van der Waals surface area (Å²) in [4.78, 5) is 0. The molecule has 1 nitrogen and oxygen atoms in total. The molecule has 0 radical (unpaired) electrons. The second-order valence-electron chi connectivity index (χ2n) is 4.65. The van der Waals surface area contributed by atoms with Crippen molar-refractivity contribution in [3.05, 3.63) is 34.6 Å². The number of halogens is 2. The van der Waals surface area contributed by atoms with Crippen molar-refractivity contribution in [3.63, 3.8) is 0 Å². The van der Waals surface area contributed by atoms with Gasteiger partial charge in [0.1, 0.15) is 5.82 Å². The van der Waals surface area contributed by atoms with Crippen molar-refractivity contribution < 1.29 is 4.39 Å². The Morgan fingerprint density at radius 3 is 2.56 bits per heavy atom. The molecule has 2 rings (SSSR count). The molecule has 1 aromatic carbocycles. The first-order chi connectivity index (χ1) is 7.69. The molecular weight excluding hydrogens is 225 g/mol. The normalized spacial score (nSPS) is 19.7. The van der Waals surface area contributed by atoms with Gasteiger partial charge in [-0.3, -0.25) is 0 Å². The predicted molar refractivity (Wildman–Crippen MR) is 65.2 cm³/mol. The van der Waals surface area contributed by atoms with Crippen LogP contribution in [-0.2, 0) is 5.41 Å². The highest BCUT2D eigenvalue weighted by molar-refractivity contribution is 6.30. The number of hydrogen-bond acceptors (Lipinski definition) is 1. The maximum atomic E-state index is 14.0. The van der Waals surface area contributed by atoms with Crippen molar-refractivity contribution in [1.82, 2.24) is 0 Å². The van der Waals surface area contributed by atoms with Gasteiger partial charge < -0.3 is 5.73 Å². The second-order valence-corrected chi connectivity index (χ2v) is 5.05. The van der Waals surface area contributed by atoms with Gasteiger partial charge in [0.05, 0.1) is 5.02 Å². The summed E-state index contributed by atoms with van der Waals surface area (Å²) in [6.45, 7) is 0.504. The molecule has 0 bridgehead atoms. The van der Waals surface area contributed by atoms with Crippen molar-refractivity contribution in [2.24, 2.45) is 5.73 Å². The van der Waals surface area contributed by atoms with E-state index in [2.05, 4.69) is 0 Å². The van der Waals surface area contributed by atoms with Gasteiger partial charge in [-0.05, 0) is 24.5 Å². The van der Waals surface area contributed by atoms with Crippen LogP contribution >= 0.6 is 11.6 Å². The summed E-state index contributed by atoms with van der Waals surface area (Å²) in [5.41, 5.74) is 6.40. The zero-order chi connectivity index (χ0) is 11.6. The van der Waals surface area contributed by atoms with E-state index in [1.54, 1.807) is 6.07 Å². The fraction of sp³-hybridized carbons (Fsp3) is 0.538. The molecule has 88 valence electrons. The molecule has 1 fully saturated rings. The molecular formula is C13H17ClFN. The largest absolute Gasteiger partial charge is 0.330 e. The lowest BCUT2D eigenvalue weighted by Crippen LogP contribution is -2.38. The molecule has 1 saturated carbocycles. The quantitative estimate of drug-likeness (QED) is 0.841. The molecule has 3 heteroatoms. The summed E-state index contributed by atoms with van der Waals surface area (Å²) in [5, 5.41) is 0.205. The number of hydrogen-bond donors (Lipinski definition) is 1. The summed E-state index contributed by atoms with van der Waals surface area (Å²) in [6, 6.07) is 5.24. The fourth-order valence-corrected chi connectivity index (χ4v) is 2.90. The van der Waals surface area contributed by atoms with E-state index in [-0.39, 0.29) is 16.3 Å². The average Bonchev–Trinajstić information content (AvgIpc) is 2.33. The minimum absolute atomic E-state index is 0.187. The van der Waals surface area contributed by atoms with Gasteiger partial charge in [0.25, 0.3) is 0 Å². The smallest absolute Gasteiger partial charge is 0.145 e. The highest BCUT2D eigenvalue weighted by atomic mass is 35.5. The Balaban J connectivity index is 2.43. The molecule has 0 unspecified atom stereocenters. The fourth-order valence-electron chi connectivity index (χ4n) is 2.73. The molecule has 0 amide bonds. The molecule has 0 atom stereocenters. The molecule has 0 spiro atoms. The van der Waals surface area contributed by atoms with Crippen molar-refractivity contribution in [1.29, 1.82) is 0 Å². The van der Waals surface area contributed by atoms with Crippen molar-refractivity contribution in [3.8, 4) is 0 Å². The first kappa shape index (κ1) is 11.9. The van der Waals surface area contributed by atoms with E-state index in [0.29, 0.717) is 12.1 Å². The Labute approximate surface area is 101 Å². The van der Waals surface area contributed by atoms with Gasteiger partial charge in [-0.1, -0.05) is 43.0 Å². The van der Waals surface area contributed by atoms with E-state index in [9.17, 15) is 4.39 Å². The van der Waals surface area contributed by atoms with Crippen LogP contribution < -0.4 is 5.73 Å². The Bertz CT molecular complexity index is 372. The van der Waals surface area contributed by atoms with E-state index in [1.165, 1.54) is 6.42 Å². The Morgan fingerprint density at radius 2 is 1.94 bits per heavy atom. The molecule has 1 aromatic rings. The second kappa shape index (κ2) is 4.72. The molecule has 1 aliphatic carbocycles. The minimum atomic E-state index is -0.281. The van der Waals surface area contributed by atoms with Crippen LogP contribution in [0.1, 0.15) is 37.7 Å². The van der Waals surface area contributed by atoms with Gasteiger partial charge in [0.15, 0.2) is 0 Å². The lowest BCUT2D eigenvalue weighted by molar-refractivity contribution is 0.291. The van der Waals surface area contributed by atoms with Gasteiger partial charge in [-0.15, -0.1) is 0 Å². The number of nitrogens with two attached hydrogens (primary N) is 1. The van der Waals surface area contributed by atoms with Crippen LogP contribution in [0.4, 0.5) is 4.39 Å². The van der Waals surface area contributed by atoms with Gasteiger partial charge >= 0.3 is 0 Å². The van der Waals surface area contributed by atoms with Gasteiger partial charge in [0, 0.05) is 12.0 Å². The average molecular weight is 242 g/mol. The van der Waals surface area contributed by atoms with Crippen LogP contribution in [0.15, 0.2) is 18.2 Å². The van der Waals surface area contributed by atoms with Crippen molar-refractivity contribution >= 4 is 11.6 Å². The summed E-state index contributed by atoms with van der Waals surface area (Å²) in [5.74, 6) is -0.281. The first-order valence-corrected chi connectivity index (χ1v) is 6.22. The summed E-state index contributed by atoms with van der Waals surface area (Å²) in [6.07, 6.45) is 5.43. The number of benzene rings is 1. The topological polar surface area (TPSA) is 26.0 Å². The zero-order valence-electron chi connectivity index (χ0n) is 9.31. The molecule has 0 saturated heterocycles. The zero-order valence-corrected chi connectivity index (χ0v) is 10.1. The highest BCUT2D eigenvalue weighted by Gasteiger charge is 2.35. The molecule has 0 heterocycles. The van der Waals surface area contributed by atoms with E-state index in [0.717, 1.165) is 25.7 Å². The van der Waals surface area contributed by atoms with Crippen LogP contribution in [-0.4, -0.2) is 6.54 Å².